The maximum atomic E-state index is 5.98. The van der Waals surface area contributed by atoms with Gasteiger partial charge in [-0.3, -0.25) is 0 Å². The van der Waals surface area contributed by atoms with Crippen LogP contribution >= 0.6 is 24.0 Å². The van der Waals surface area contributed by atoms with Gasteiger partial charge in [0.05, 0.1) is 23.0 Å². The molecule has 0 radical (unpaired) electrons. The summed E-state index contributed by atoms with van der Waals surface area (Å²) < 4.78 is 12.7. The summed E-state index contributed by atoms with van der Waals surface area (Å²) in [7, 11) is 0. The molecule has 0 saturated heterocycles. The van der Waals surface area contributed by atoms with Crippen molar-refractivity contribution in [1.29, 1.82) is 0 Å². The van der Waals surface area contributed by atoms with Crippen molar-refractivity contribution in [3.05, 3.63) is 35.9 Å². The summed E-state index contributed by atoms with van der Waals surface area (Å²) in [6, 6.07) is 10.2. The van der Waals surface area contributed by atoms with Gasteiger partial charge in [-0.1, -0.05) is 49.5 Å². The number of thioether (sulfide) groups is 1. The smallest absolute Gasteiger partial charge is 0.0724 e. The molecule has 0 aromatic heterocycles. The topological polar surface area (TPSA) is 18.5 Å². The summed E-state index contributed by atoms with van der Waals surface area (Å²) in [5.41, 5.74) is 1.02. The molecule has 0 aliphatic rings. The van der Waals surface area contributed by atoms with E-state index in [1.54, 1.807) is 11.8 Å². The molecule has 1 aromatic rings. The highest BCUT2D eigenvalue weighted by molar-refractivity contribution is 8.22. The van der Waals surface area contributed by atoms with Crippen LogP contribution in [0, 0.1) is 5.92 Å². The van der Waals surface area contributed by atoms with Crippen molar-refractivity contribution in [3.63, 3.8) is 0 Å². The van der Waals surface area contributed by atoms with Crippen molar-refractivity contribution >= 4 is 28.2 Å². The molecule has 0 saturated carbocycles. The minimum atomic E-state index is -0.181. The average Bonchev–Trinajstić information content (AvgIpc) is 2.49. The maximum absolute atomic E-state index is 5.98. The van der Waals surface area contributed by atoms with Crippen molar-refractivity contribution < 1.29 is 9.47 Å². The Kier molecular flexibility index (Phi) is 8.49. The Morgan fingerprint density at radius 3 is 2.57 bits per heavy atom. The molecule has 0 amide bonds. The lowest BCUT2D eigenvalue weighted by molar-refractivity contribution is -0.0515. The van der Waals surface area contributed by atoms with Crippen LogP contribution < -0.4 is 0 Å². The molecule has 118 valence electrons. The van der Waals surface area contributed by atoms with Crippen LogP contribution in [-0.2, 0) is 16.1 Å². The van der Waals surface area contributed by atoms with Gasteiger partial charge in [-0.15, -0.1) is 11.8 Å². The summed E-state index contributed by atoms with van der Waals surface area (Å²) in [5.74, 6) is 0.323. The number of benzene rings is 1. The van der Waals surface area contributed by atoms with Gasteiger partial charge >= 0.3 is 0 Å². The van der Waals surface area contributed by atoms with Gasteiger partial charge in [-0.05, 0) is 32.1 Å². The molecular formula is C17H26O2S2. The SMILES string of the molecule is CSC(=S)C(C)COCCC(C)(C)OCc1ccccc1. The highest BCUT2D eigenvalue weighted by Crippen LogP contribution is 2.18. The standard InChI is InChI=1S/C17H26O2S2/c1-14(16(20)21-4)12-18-11-10-17(2,3)19-13-15-8-6-5-7-9-15/h5-9,14H,10-13H2,1-4H3. The number of thiocarbonyl (C=S) groups is 1. The lowest BCUT2D eigenvalue weighted by Gasteiger charge is -2.25. The first-order valence-electron chi connectivity index (χ1n) is 7.28. The van der Waals surface area contributed by atoms with E-state index in [1.165, 1.54) is 5.56 Å². The number of ether oxygens (including phenoxy) is 2. The zero-order valence-corrected chi connectivity index (χ0v) is 15.1. The second-order valence-corrected chi connectivity index (χ2v) is 7.33. The largest absolute Gasteiger partial charge is 0.381 e. The molecule has 1 rings (SSSR count). The number of hydrogen-bond donors (Lipinski definition) is 0. The first-order valence-corrected chi connectivity index (χ1v) is 8.91. The molecule has 0 heterocycles. The van der Waals surface area contributed by atoms with E-state index in [0.717, 1.165) is 10.6 Å². The zero-order chi connectivity index (χ0) is 15.7. The summed E-state index contributed by atoms with van der Waals surface area (Å²) in [5, 5.41) is 0. The first kappa shape index (κ1) is 18.6. The Morgan fingerprint density at radius 1 is 1.29 bits per heavy atom. The van der Waals surface area contributed by atoms with Crippen LogP contribution in [0.4, 0.5) is 0 Å². The Labute approximate surface area is 138 Å². The van der Waals surface area contributed by atoms with Crippen LogP contribution in [0.3, 0.4) is 0 Å². The maximum Gasteiger partial charge on any atom is 0.0724 e. The van der Waals surface area contributed by atoms with E-state index in [9.17, 15) is 0 Å². The first-order chi connectivity index (χ1) is 9.94. The van der Waals surface area contributed by atoms with Crippen LogP contribution in [0.2, 0.25) is 0 Å². The van der Waals surface area contributed by atoms with Crippen LogP contribution in [0.5, 0.6) is 0 Å². The van der Waals surface area contributed by atoms with Gasteiger partial charge in [0.2, 0.25) is 0 Å². The van der Waals surface area contributed by atoms with Crippen LogP contribution in [-0.4, -0.2) is 29.3 Å². The van der Waals surface area contributed by atoms with Crippen molar-refractivity contribution in [3.8, 4) is 0 Å². The minimum absolute atomic E-state index is 0.181. The molecule has 0 fully saturated rings. The van der Waals surface area contributed by atoms with Gasteiger partial charge in [0, 0.05) is 12.5 Å². The molecule has 0 aliphatic carbocycles. The fourth-order valence-electron chi connectivity index (χ4n) is 1.77. The fraction of sp³-hybridized carbons (Fsp3) is 0.588. The highest BCUT2D eigenvalue weighted by atomic mass is 32.2. The summed E-state index contributed by atoms with van der Waals surface area (Å²) in [6.45, 7) is 8.35. The Bertz CT molecular complexity index is 418. The summed E-state index contributed by atoms with van der Waals surface area (Å²) in [4.78, 5) is 0. The predicted molar refractivity (Wildman–Crippen MR) is 96.0 cm³/mol. The van der Waals surface area contributed by atoms with Crippen LogP contribution in [0.1, 0.15) is 32.8 Å². The molecule has 1 atom stereocenters. The number of rotatable bonds is 9. The van der Waals surface area contributed by atoms with Crippen molar-refractivity contribution in [1.82, 2.24) is 0 Å². The molecule has 0 spiro atoms. The van der Waals surface area contributed by atoms with E-state index in [4.69, 9.17) is 21.7 Å². The second-order valence-electron chi connectivity index (χ2n) is 5.78. The Balaban J connectivity index is 2.22. The van der Waals surface area contributed by atoms with Gasteiger partial charge in [-0.2, -0.15) is 0 Å². The highest BCUT2D eigenvalue weighted by Gasteiger charge is 2.18. The zero-order valence-electron chi connectivity index (χ0n) is 13.4. The monoisotopic (exact) mass is 326 g/mol. The van der Waals surface area contributed by atoms with Crippen molar-refractivity contribution in [2.45, 2.75) is 39.4 Å². The van der Waals surface area contributed by atoms with Gasteiger partial charge < -0.3 is 9.47 Å². The molecule has 4 heteroatoms. The van der Waals surface area contributed by atoms with Gasteiger partial charge in [0.15, 0.2) is 0 Å². The molecule has 1 aromatic carbocycles. The normalized spacial score (nSPS) is 13.1. The molecule has 2 nitrogen and oxygen atoms in total. The lowest BCUT2D eigenvalue weighted by Crippen LogP contribution is -2.27. The van der Waals surface area contributed by atoms with Gasteiger partial charge in [-0.25, -0.2) is 0 Å². The Morgan fingerprint density at radius 2 is 1.95 bits per heavy atom. The van der Waals surface area contributed by atoms with Crippen LogP contribution in [0.25, 0.3) is 0 Å². The second kappa shape index (κ2) is 9.57. The molecule has 0 N–H and O–H groups in total. The molecule has 0 bridgehead atoms. The average molecular weight is 327 g/mol. The summed E-state index contributed by atoms with van der Waals surface area (Å²) >= 11 is 6.88. The molecule has 21 heavy (non-hydrogen) atoms. The van der Waals surface area contributed by atoms with E-state index < -0.39 is 0 Å². The molecule has 0 aliphatic heterocycles. The van der Waals surface area contributed by atoms with Crippen molar-refractivity contribution in [2.24, 2.45) is 5.92 Å². The molecule has 1 unspecified atom stereocenters. The number of hydrogen-bond acceptors (Lipinski definition) is 4. The van der Waals surface area contributed by atoms with Crippen LogP contribution in [0.15, 0.2) is 30.3 Å². The van der Waals surface area contributed by atoms with E-state index in [2.05, 4.69) is 32.9 Å². The third-order valence-corrected chi connectivity index (χ3v) is 5.00. The van der Waals surface area contributed by atoms with Crippen molar-refractivity contribution in [2.75, 3.05) is 19.5 Å². The van der Waals surface area contributed by atoms with E-state index in [1.807, 2.05) is 24.5 Å². The quantitative estimate of drug-likeness (QED) is 0.483. The Hall–Kier alpha value is -0.420. The molecular weight excluding hydrogens is 300 g/mol. The summed E-state index contributed by atoms with van der Waals surface area (Å²) in [6.07, 6.45) is 2.89. The third-order valence-electron chi connectivity index (χ3n) is 3.29. The predicted octanol–water partition coefficient (Wildman–Crippen LogP) is 4.72. The fourth-order valence-corrected chi connectivity index (χ4v) is 2.31. The minimum Gasteiger partial charge on any atom is -0.381 e. The third kappa shape index (κ3) is 7.96. The van der Waals surface area contributed by atoms with Gasteiger partial charge in [0.25, 0.3) is 0 Å². The van der Waals surface area contributed by atoms with Gasteiger partial charge in [0.1, 0.15) is 0 Å². The lowest BCUT2D eigenvalue weighted by atomic mass is 10.1. The van der Waals surface area contributed by atoms with E-state index in [-0.39, 0.29) is 5.60 Å². The van der Waals surface area contributed by atoms with E-state index >= 15 is 0 Å². The van der Waals surface area contributed by atoms with E-state index in [0.29, 0.717) is 25.7 Å².